The van der Waals surface area contributed by atoms with Crippen LogP contribution in [-0.2, 0) is 9.59 Å². The Hall–Kier alpha value is -1.40. The van der Waals surface area contributed by atoms with Crippen molar-refractivity contribution < 1.29 is 9.59 Å². The van der Waals surface area contributed by atoms with Gasteiger partial charge < -0.3 is 15.5 Å². The van der Waals surface area contributed by atoms with E-state index in [1.165, 1.54) is 0 Å². The molecular formula is C15H20BrN3O2. The van der Waals surface area contributed by atoms with Crippen molar-refractivity contribution in [1.29, 1.82) is 0 Å². The fourth-order valence-electron chi connectivity index (χ4n) is 2.03. The summed E-state index contributed by atoms with van der Waals surface area (Å²) < 4.78 is 0.947. The Morgan fingerprint density at radius 3 is 2.33 bits per heavy atom. The second-order valence-corrected chi connectivity index (χ2v) is 6.52. The third-order valence-electron chi connectivity index (χ3n) is 3.57. The van der Waals surface area contributed by atoms with E-state index in [9.17, 15) is 9.59 Å². The maximum Gasteiger partial charge on any atom is 0.240 e. The molecule has 0 aromatic heterocycles. The zero-order valence-electron chi connectivity index (χ0n) is 12.3. The summed E-state index contributed by atoms with van der Waals surface area (Å²) in [6.45, 7) is 1.31. The van der Waals surface area contributed by atoms with Gasteiger partial charge in [-0.3, -0.25) is 9.59 Å². The Kier molecular flexibility index (Phi) is 5.00. The van der Waals surface area contributed by atoms with Crippen LogP contribution in [0.15, 0.2) is 28.7 Å². The minimum Gasteiger partial charge on any atom is -0.354 e. The highest BCUT2D eigenvalue weighted by Gasteiger charge is 2.56. The summed E-state index contributed by atoms with van der Waals surface area (Å²) >= 11 is 3.35. The first-order valence-electron chi connectivity index (χ1n) is 6.94. The monoisotopic (exact) mass is 353 g/mol. The second-order valence-electron chi connectivity index (χ2n) is 5.60. The minimum atomic E-state index is -0.876. The van der Waals surface area contributed by atoms with E-state index in [-0.39, 0.29) is 11.8 Å². The maximum atomic E-state index is 12.3. The summed E-state index contributed by atoms with van der Waals surface area (Å²) in [5.74, 6) is -0.383. The van der Waals surface area contributed by atoms with Gasteiger partial charge in [0.25, 0.3) is 0 Å². The number of amides is 2. The molecule has 1 saturated carbocycles. The molecule has 2 amide bonds. The van der Waals surface area contributed by atoms with Gasteiger partial charge in [-0.2, -0.15) is 0 Å². The molecule has 0 spiro atoms. The molecule has 5 nitrogen and oxygen atoms in total. The summed E-state index contributed by atoms with van der Waals surface area (Å²) in [5.41, 5.74) is -0.171. The van der Waals surface area contributed by atoms with Crippen LogP contribution >= 0.6 is 15.9 Å². The number of nitrogens with one attached hydrogen (secondary N) is 2. The van der Waals surface area contributed by atoms with Crippen molar-refractivity contribution in [2.45, 2.75) is 12.8 Å². The first-order chi connectivity index (χ1) is 9.94. The standard InChI is InChI=1S/C15H20BrN3O2/c1-19(2)10-9-17-13(20)15(7-8-15)14(21)18-12-5-3-11(16)4-6-12/h3-6H,7-10H2,1-2H3,(H,17,20)(H,18,21). The quantitative estimate of drug-likeness (QED) is 0.767. The highest BCUT2D eigenvalue weighted by Crippen LogP contribution is 2.46. The van der Waals surface area contributed by atoms with Gasteiger partial charge in [0, 0.05) is 23.2 Å². The topological polar surface area (TPSA) is 61.4 Å². The van der Waals surface area contributed by atoms with Crippen LogP contribution in [0.5, 0.6) is 0 Å². The van der Waals surface area contributed by atoms with Crippen molar-refractivity contribution in [2.75, 3.05) is 32.5 Å². The SMILES string of the molecule is CN(C)CCNC(=O)C1(C(=O)Nc2ccc(Br)cc2)CC1. The first kappa shape index (κ1) is 16.0. The molecule has 2 rings (SSSR count). The fraction of sp³-hybridized carbons (Fsp3) is 0.467. The van der Waals surface area contributed by atoms with Crippen molar-refractivity contribution in [1.82, 2.24) is 10.2 Å². The normalized spacial score (nSPS) is 15.6. The maximum absolute atomic E-state index is 12.3. The largest absolute Gasteiger partial charge is 0.354 e. The van der Waals surface area contributed by atoms with Gasteiger partial charge in [-0.1, -0.05) is 15.9 Å². The van der Waals surface area contributed by atoms with Gasteiger partial charge in [0.2, 0.25) is 11.8 Å². The van der Waals surface area contributed by atoms with E-state index in [1.807, 2.05) is 43.3 Å². The molecule has 0 heterocycles. The summed E-state index contributed by atoms with van der Waals surface area (Å²) in [4.78, 5) is 26.5. The zero-order valence-corrected chi connectivity index (χ0v) is 13.9. The number of hydrogen-bond donors (Lipinski definition) is 2. The van der Waals surface area contributed by atoms with Gasteiger partial charge in [-0.05, 0) is 51.2 Å². The third kappa shape index (κ3) is 4.04. The Balaban J connectivity index is 1.91. The van der Waals surface area contributed by atoms with Crippen molar-refractivity contribution >= 4 is 33.4 Å². The molecule has 1 aliphatic rings. The predicted molar refractivity (Wildman–Crippen MR) is 86.0 cm³/mol. The molecule has 0 aliphatic heterocycles. The highest BCUT2D eigenvalue weighted by molar-refractivity contribution is 9.10. The van der Waals surface area contributed by atoms with E-state index in [1.54, 1.807) is 0 Å². The van der Waals surface area contributed by atoms with Crippen LogP contribution in [0.1, 0.15) is 12.8 Å². The third-order valence-corrected chi connectivity index (χ3v) is 4.09. The van der Waals surface area contributed by atoms with Crippen molar-refractivity contribution in [3.8, 4) is 0 Å². The number of likely N-dealkylation sites (N-methyl/N-ethyl adjacent to an activating group) is 1. The molecule has 0 radical (unpaired) electrons. The van der Waals surface area contributed by atoms with Crippen molar-refractivity contribution in [3.63, 3.8) is 0 Å². The second kappa shape index (κ2) is 6.58. The zero-order chi connectivity index (χ0) is 15.5. The van der Waals surface area contributed by atoms with Gasteiger partial charge in [0.15, 0.2) is 0 Å². The molecular weight excluding hydrogens is 334 g/mol. The molecule has 21 heavy (non-hydrogen) atoms. The van der Waals surface area contributed by atoms with Gasteiger partial charge in [0.1, 0.15) is 5.41 Å². The lowest BCUT2D eigenvalue weighted by Crippen LogP contribution is -2.42. The molecule has 0 unspecified atom stereocenters. The summed E-state index contributed by atoms with van der Waals surface area (Å²) in [7, 11) is 3.89. The number of nitrogens with zero attached hydrogens (tertiary/aromatic N) is 1. The van der Waals surface area contributed by atoms with Crippen LogP contribution in [0.3, 0.4) is 0 Å². The van der Waals surface area contributed by atoms with Crippen LogP contribution in [0.4, 0.5) is 5.69 Å². The van der Waals surface area contributed by atoms with Crippen LogP contribution in [0.2, 0.25) is 0 Å². The number of carbonyl (C=O) groups is 2. The fourth-order valence-corrected chi connectivity index (χ4v) is 2.29. The molecule has 0 bridgehead atoms. The van der Waals surface area contributed by atoms with Gasteiger partial charge in [0.05, 0.1) is 0 Å². The van der Waals surface area contributed by atoms with Crippen LogP contribution < -0.4 is 10.6 Å². The van der Waals surface area contributed by atoms with E-state index >= 15 is 0 Å². The summed E-state index contributed by atoms with van der Waals surface area (Å²) in [6.07, 6.45) is 1.23. The van der Waals surface area contributed by atoms with Crippen LogP contribution in [0, 0.1) is 5.41 Å². The molecule has 1 aromatic rings. The average molecular weight is 354 g/mol. The summed E-state index contributed by atoms with van der Waals surface area (Å²) in [6, 6.07) is 7.32. The Morgan fingerprint density at radius 1 is 1.19 bits per heavy atom. The minimum absolute atomic E-state index is 0.168. The molecule has 6 heteroatoms. The number of carbonyl (C=O) groups excluding carboxylic acids is 2. The molecule has 1 aromatic carbocycles. The van der Waals surface area contributed by atoms with E-state index in [2.05, 4.69) is 26.6 Å². The van der Waals surface area contributed by atoms with Gasteiger partial charge in [-0.15, -0.1) is 0 Å². The highest BCUT2D eigenvalue weighted by atomic mass is 79.9. The number of anilines is 1. The number of hydrogen-bond acceptors (Lipinski definition) is 3. The molecule has 1 fully saturated rings. The van der Waals surface area contributed by atoms with E-state index in [0.717, 1.165) is 11.0 Å². The molecule has 1 aliphatic carbocycles. The van der Waals surface area contributed by atoms with Crippen LogP contribution in [0.25, 0.3) is 0 Å². The molecule has 114 valence electrons. The molecule has 0 saturated heterocycles. The van der Waals surface area contributed by atoms with E-state index < -0.39 is 5.41 Å². The molecule has 2 N–H and O–H groups in total. The predicted octanol–water partition coefficient (Wildman–Crippen LogP) is 1.85. The summed E-state index contributed by atoms with van der Waals surface area (Å²) in [5, 5.41) is 5.66. The van der Waals surface area contributed by atoms with Gasteiger partial charge in [-0.25, -0.2) is 0 Å². The van der Waals surface area contributed by atoms with Crippen molar-refractivity contribution in [2.24, 2.45) is 5.41 Å². The lowest BCUT2D eigenvalue weighted by Gasteiger charge is -2.16. The first-order valence-corrected chi connectivity index (χ1v) is 7.73. The van der Waals surface area contributed by atoms with E-state index in [4.69, 9.17) is 0 Å². The van der Waals surface area contributed by atoms with Crippen LogP contribution in [-0.4, -0.2) is 43.9 Å². The molecule has 0 atom stereocenters. The number of halogens is 1. The number of benzene rings is 1. The smallest absolute Gasteiger partial charge is 0.240 e. The Labute approximate surface area is 133 Å². The lowest BCUT2D eigenvalue weighted by atomic mass is 10.1. The Morgan fingerprint density at radius 2 is 1.81 bits per heavy atom. The van der Waals surface area contributed by atoms with E-state index in [0.29, 0.717) is 25.1 Å². The lowest BCUT2D eigenvalue weighted by molar-refractivity contribution is -0.134. The number of rotatable bonds is 6. The Bertz CT molecular complexity index is 524. The average Bonchev–Trinajstić information content (AvgIpc) is 3.22. The van der Waals surface area contributed by atoms with Gasteiger partial charge >= 0.3 is 0 Å². The van der Waals surface area contributed by atoms with Crippen molar-refractivity contribution in [3.05, 3.63) is 28.7 Å².